The standard InChI is InChI=1S/C19H29NO2/c1-13-10-11-15-16(12-13)22-18(20(4)19(15,2)3)17(21)14-8-6-5-7-9-14/h5-9,13,15-18,21H,10-12H2,1-4H3/t13-,15-,16-,17+,18+/m1/s1. The average molecular weight is 303 g/mol. The maximum atomic E-state index is 10.8. The zero-order chi connectivity index (χ0) is 15.9. The summed E-state index contributed by atoms with van der Waals surface area (Å²) >= 11 is 0. The molecule has 1 heterocycles. The van der Waals surface area contributed by atoms with Crippen molar-refractivity contribution >= 4 is 0 Å². The van der Waals surface area contributed by atoms with Crippen LogP contribution in [0.5, 0.6) is 0 Å². The van der Waals surface area contributed by atoms with Crippen LogP contribution in [0, 0.1) is 11.8 Å². The topological polar surface area (TPSA) is 32.7 Å². The van der Waals surface area contributed by atoms with Gasteiger partial charge in [-0.3, -0.25) is 4.90 Å². The van der Waals surface area contributed by atoms with E-state index in [9.17, 15) is 5.11 Å². The zero-order valence-corrected chi connectivity index (χ0v) is 14.2. The minimum Gasteiger partial charge on any atom is -0.384 e. The summed E-state index contributed by atoms with van der Waals surface area (Å²) in [5, 5.41) is 10.8. The second-order valence-corrected chi connectivity index (χ2v) is 7.71. The summed E-state index contributed by atoms with van der Waals surface area (Å²) in [6.45, 7) is 6.91. The molecule has 1 saturated carbocycles. The lowest BCUT2D eigenvalue weighted by Gasteiger charge is -2.57. The number of rotatable bonds is 2. The van der Waals surface area contributed by atoms with Crippen molar-refractivity contribution in [3.8, 4) is 0 Å². The smallest absolute Gasteiger partial charge is 0.141 e. The molecule has 3 heteroatoms. The molecule has 0 unspecified atom stereocenters. The number of aliphatic hydroxyl groups is 1. The molecule has 0 radical (unpaired) electrons. The molecule has 2 aliphatic rings. The van der Waals surface area contributed by atoms with Crippen LogP contribution >= 0.6 is 0 Å². The molecule has 5 atom stereocenters. The molecule has 3 nitrogen and oxygen atoms in total. The van der Waals surface area contributed by atoms with Gasteiger partial charge in [-0.05, 0) is 45.2 Å². The maximum absolute atomic E-state index is 10.8. The minimum absolute atomic E-state index is 0.0451. The molecule has 1 saturated heterocycles. The van der Waals surface area contributed by atoms with Crippen LogP contribution in [0.2, 0.25) is 0 Å². The van der Waals surface area contributed by atoms with Crippen molar-refractivity contribution in [2.75, 3.05) is 7.05 Å². The largest absolute Gasteiger partial charge is 0.384 e. The summed E-state index contributed by atoms with van der Waals surface area (Å²) in [5.41, 5.74) is 0.973. The molecule has 1 aromatic rings. The summed E-state index contributed by atoms with van der Waals surface area (Å²) in [7, 11) is 2.09. The van der Waals surface area contributed by atoms with Crippen molar-refractivity contribution in [2.45, 2.75) is 64.0 Å². The highest BCUT2D eigenvalue weighted by Gasteiger charge is 2.50. The molecule has 1 aliphatic heterocycles. The van der Waals surface area contributed by atoms with Crippen LogP contribution in [0.15, 0.2) is 30.3 Å². The van der Waals surface area contributed by atoms with Gasteiger partial charge in [0.15, 0.2) is 0 Å². The molecule has 122 valence electrons. The van der Waals surface area contributed by atoms with Gasteiger partial charge >= 0.3 is 0 Å². The Morgan fingerprint density at radius 3 is 2.59 bits per heavy atom. The van der Waals surface area contributed by atoms with Crippen LogP contribution in [-0.2, 0) is 4.74 Å². The van der Waals surface area contributed by atoms with E-state index in [1.807, 2.05) is 30.3 Å². The van der Waals surface area contributed by atoms with E-state index in [-0.39, 0.29) is 17.9 Å². The van der Waals surface area contributed by atoms with E-state index in [0.717, 1.165) is 17.9 Å². The van der Waals surface area contributed by atoms with Gasteiger partial charge in [-0.2, -0.15) is 0 Å². The van der Waals surface area contributed by atoms with Gasteiger partial charge in [-0.15, -0.1) is 0 Å². The first-order valence-electron chi connectivity index (χ1n) is 8.52. The highest BCUT2D eigenvalue weighted by atomic mass is 16.5. The Balaban J connectivity index is 1.86. The van der Waals surface area contributed by atoms with Crippen LogP contribution in [-0.4, -0.2) is 34.9 Å². The number of hydrogen-bond acceptors (Lipinski definition) is 3. The number of aliphatic hydroxyl groups excluding tert-OH is 1. The van der Waals surface area contributed by atoms with E-state index >= 15 is 0 Å². The second kappa shape index (κ2) is 5.95. The Labute approximate surface area is 134 Å². The van der Waals surface area contributed by atoms with Crippen LogP contribution in [0.1, 0.15) is 51.7 Å². The Bertz CT molecular complexity index is 501. The Morgan fingerprint density at radius 1 is 1.23 bits per heavy atom. The van der Waals surface area contributed by atoms with E-state index in [4.69, 9.17) is 4.74 Å². The fourth-order valence-corrected chi connectivity index (χ4v) is 4.25. The third-order valence-electron chi connectivity index (χ3n) is 5.98. The highest BCUT2D eigenvalue weighted by Crippen LogP contribution is 2.46. The third-order valence-corrected chi connectivity index (χ3v) is 5.98. The Hall–Kier alpha value is -0.900. The molecule has 0 spiro atoms. The normalized spacial score (nSPS) is 36.6. The summed E-state index contributed by atoms with van der Waals surface area (Å²) in [6.07, 6.45) is 3.00. The molecular formula is C19H29NO2. The number of nitrogens with zero attached hydrogens (tertiary/aromatic N) is 1. The van der Waals surface area contributed by atoms with E-state index in [1.54, 1.807) is 0 Å². The quantitative estimate of drug-likeness (QED) is 0.906. The van der Waals surface area contributed by atoms with Crippen molar-refractivity contribution < 1.29 is 9.84 Å². The molecule has 0 aromatic heterocycles. The second-order valence-electron chi connectivity index (χ2n) is 7.71. The van der Waals surface area contributed by atoms with Gasteiger partial charge in [0.05, 0.1) is 6.10 Å². The summed E-state index contributed by atoms with van der Waals surface area (Å²) in [4.78, 5) is 2.24. The minimum atomic E-state index is -0.608. The lowest BCUT2D eigenvalue weighted by atomic mass is 9.69. The van der Waals surface area contributed by atoms with E-state index in [1.165, 1.54) is 12.8 Å². The van der Waals surface area contributed by atoms with Gasteiger partial charge in [-0.25, -0.2) is 0 Å². The van der Waals surface area contributed by atoms with Crippen molar-refractivity contribution in [2.24, 2.45) is 11.8 Å². The first-order chi connectivity index (χ1) is 10.4. The fourth-order valence-electron chi connectivity index (χ4n) is 4.25. The Morgan fingerprint density at radius 2 is 1.91 bits per heavy atom. The maximum Gasteiger partial charge on any atom is 0.141 e. The number of ether oxygens (including phenoxy) is 1. The third kappa shape index (κ3) is 2.70. The van der Waals surface area contributed by atoms with Gasteiger partial charge in [0.2, 0.25) is 0 Å². The van der Waals surface area contributed by atoms with Crippen molar-refractivity contribution in [1.82, 2.24) is 4.90 Å². The van der Waals surface area contributed by atoms with E-state index in [2.05, 4.69) is 32.7 Å². The van der Waals surface area contributed by atoms with Gasteiger partial charge in [-0.1, -0.05) is 43.7 Å². The van der Waals surface area contributed by atoms with Crippen molar-refractivity contribution in [3.63, 3.8) is 0 Å². The molecule has 2 fully saturated rings. The number of fused-ring (bicyclic) bond motifs is 1. The summed E-state index contributed by atoms with van der Waals surface area (Å²) in [5.74, 6) is 1.27. The number of hydrogen-bond donors (Lipinski definition) is 1. The van der Waals surface area contributed by atoms with Crippen LogP contribution < -0.4 is 0 Å². The molecule has 1 aromatic carbocycles. The number of likely N-dealkylation sites (N-methyl/N-ethyl adjacent to an activating group) is 1. The first-order valence-corrected chi connectivity index (χ1v) is 8.52. The van der Waals surface area contributed by atoms with Gasteiger partial charge in [0.25, 0.3) is 0 Å². The predicted octanol–water partition coefficient (Wildman–Crippen LogP) is 3.59. The van der Waals surface area contributed by atoms with Gasteiger partial charge in [0, 0.05) is 11.5 Å². The number of benzene rings is 1. The SMILES string of the molecule is C[C@@H]1CC[C@@H]2[C@@H](C1)O[C@@H]([C@@H](O)c1ccccc1)N(C)C2(C)C. The van der Waals surface area contributed by atoms with Crippen molar-refractivity contribution in [3.05, 3.63) is 35.9 Å². The zero-order valence-electron chi connectivity index (χ0n) is 14.2. The highest BCUT2D eigenvalue weighted by molar-refractivity contribution is 5.19. The molecule has 22 heavy (non-hydrogen) atoms. The monoisotopic (exact) mass is 303 g/mol. The summed E-state index contributed by atoms with van der Waals surface area (Å²) < 4.78 is 6.40. The molecule has 1 N–H and O–H groups in total. The predicted molar refractivity (Wildman–Crippen MR) is 88.4 cm³/mol. The molecule has 0 bridgehead atoms. The summed E-state index contributed by atoms with van der Waals surface area (Å²) in [6, 6.07) is 9.87. The van der Waals surface area contributed by atoms with Crippen LogP contribution in [0.25, 0.3) is 0 Å². The van der Waals surface area contributed by atoms with Crippen molar-refractivity contribution in [1.29, 1.82) is 0 Å². The molecule has 1 aliphatic carbocycles. The fraction of sp³-hybridized carbons (Fsp3) is 0.684. The Kier molecular flexibility index (Phi) is 4.32. The first kappa shape index (κ1) is 16.0. The lowest BCUT2D eigenvalue weighted by molar-refractivity contribution is -0.254. The van der Waals surface area contributed by atoms with Crippen LogP contribution in [0.4, 0.5) is 0 Å². The van der Waals surface area contributed by atoms with E-state index in [0.29, 0.717) is 5.92 Å². The van der Waals surface area contributed by atoms with E-state index < -0.39 is 6.10 Å². The van der Waals surface area contributed by atoms with Crippen LogP contribution in [0.3, 0.4) is 0 Å². The van der Waals surface area contributed by atoms with Gasteiger partial charge < -0.3 is 9.84 Å². The lowest BCUT2D eigenvalue weighted by Crippen LogP contribution is -2.64. The average Bonchev–Trinajstić information content (AvgIpc) is 2.51. The molecule has 3 rings (SSSR count). The molecular weight excluding hydrogens is 274 g/mol. The van der Waals surface area contributed by atoms with Gasteiger partial charge in [0.1, 0.15) is 12.3 Å². The molecule has 0 amide bonds.